The fraction of sp³-hybridized carbons (Fsp3) is 0.250. The average Bonchev–Trinajstić information content (AvgIpc) is 2.87. The molecule has 198 valence electrons. The number of hydrogen-bond donors (Lipinski definition) is 5. The first-order valence-electron chi connectivity index (χ1n) is 12.0. The second-order valence-electron chi connectivity index (χ2n) is 9.83. The number of carbonyl (C=O) groups is 2. The number of anilines is 2. The van der Waals surface area contributed by atoms with Gasteiger partial charge in [0.1, 0.15) is 0 Å². The number of hydrogen-bond acceptors (Lipinski definition) is 5. The predicted octanol–water partition coefficient (Wildman–Crippen LogP) is 5.27. The Bertz CT molecular complexity index is 1310. The summed E-state index contributed by atoms with van der Waals surface area (Å²) >= 11 is 0. The van der Waals surface area contributed by atoms with Crippen LogP contribution in [0.4, 0.5) is 16.2 Å². The van der Waals surface area contributed by atoms with Gasteiger partial charge in [-0.3, -0.25) is 20.4 Å². The first kappa shape index (κ1) is 28.0. The van der Waals surface area contributed by atoms with E-state index >= 15 is 0 Å². The molecular formula is C28H33N7O3. The minimum absolute atomic E-state index is 0.0364. The minimum atomic E-state index is -0.661. The monoisotopic (exact) mass is 515 g/mol. The lowest BCUT2D eigenvalue weighted by atomic mass is 9.87. The highest BCUT2D eigenvalue weighted by Gasteiger charge is 2.20. The van der Waals surface area contributed by atoms with Crippen molar-refractivity contribution in [2.75, 3.05) is 10.2 Å². The number of guanidine groups is 1. The van der Waals surface area contributed by atoms with Crippen LogP contribution in [0.5, 0.6) is 0 Å². The van der Waals surface area contributed by atoms with Crippen LogP contribution in [0.25, 0.3) is 0 Å². The van der Waals surface area contributed by atoms with Crippen LogP contribution in [-0.4, -0.2) is 23.0 Å². The summed E-state index contributed by atoms with van der Waals surface area (Å²) in [5, 5.41) is 28.8. The fourth-order valence-corrected chi connectivity index (χ4v) is 3.70. The molecule has 3 amide bonds. The molecule has 3 aromatic carbocycles. The van der Waals surface area contributed by atoms with Crippen LogP contribution in [0.15, 0.2) is 83.1 Å². The minimum Gasteiger partial charge on any atom is -0.389 e. The fourth-order valence-electron chi connectivity index (χ4n) is 3.70. The van der Waals surface area contributed by atoms with Crippen molar-refractivity contribution in [3.63, 3.8) is 0 Å². The summed E-state index contributed by atoms with van der Waals surface area (Å²) in [6.07, 6.45) is -0.661. The van der Waals surface area contributed by atoms with Crippen molar-refractivity contribution in [2.45, 2.75) is 45.8 Å². The second kappa shape index (κ2) is 12.1. The van der Waals surface area contributed by atoms with Crippen molar-refractivity contribution in [1.82, 2.24) is 5.32 Å². The van der Waals surface area contributed by atoms with Gasteiger partial charge in [-0.2, -0.15) is 0 Å². The van der Waals surface area contributed by atoms with Gasteiger partial charge in [0.05, 0.1) is 12.6 Å². The van der Waals surface area contributed by atoms with E-state index in [1.54, 1.807) is 60.4 Å². The smallest absolute Gasteiger partial charge is 0.326 e. The normalized spacial score (nSPS) is 12.1. The van der Waals surface area contributed by atoms with Crippen LogP contribution in [0.3, 0.4) is 0 Å². The van der Waals surface area contributed by atoms with E-state index < -0.39 is 18.0 Å². The summed E-state index contributed by atoms with van der Waals surface area (Å²) in [6, 6.07) is 21.2. The van der Waals surface area contributed by atoms with E-state index in [9.17, 15) is 14.7 Å². The van der Waals surface area contributed by atoms with Crippen LogP contribution in [0.2, 0.25) is 0 Å². The van der Waals surface area contributed by atoms with Crippen LogP contribution < -0.4 is 21.4 Å². The number of rotatable bonds is 6. The molecule has 0 saturated carbocycles. The van der Waals surface area contributed by atoms with Crippen molar-refractivity contribution in [1.29, 1.82) is 5.41 Å². The lowest BCUT2D eigenvalue weighted by molar-refractivity contribution is 0.0976. The van der Waals surface area contributed by atoms with Gasteiger partial charge >= 0.3 is 6.03 Å². The molecule has 0 aliphatic heterocycles. The number of carbonyl (C=O) groups excluding carboxylic acids is 2. The Kier molecular flexibility index (Phi) is 8.93. The number of nitrogens with zero attached hydrogens (tertiary/aromatic N) is 3. The Labute approximate surface area is 222 Å². The summed E-state index contributed by atoms with van der Waals surface area (Å²) in [4.78, 5) is 27.4. The quantitative estimate of drug-likeness (QED) is 0.0997. The summed E-state index contributed by atoms with van der Waals surface area (Å²) in [5.74, 6) is 3.90. The molecule has 0 aliphatic carbocycles. The number of aliphatic hydroxyl groups is 1. The SMILES string of the molecule is CC(O)c1cccc(NC(=O)N(Cc2ccc(C(=O)NC(=N)/N=N\N)cc2)c2ccc(C(C)(C)C)cc2)c1. The molecule has 1 unspecified atom stereocenters. The zero-order valence-corrected chi connectivity index (χ0v) is 21.9. The Balaban J connectivity index is 1.86. The Morgan fingerprint density at radius 1 is 1.05 bits per heavy atom. The summed E-state index contributed by atoms with van der Waals surface area (Å²) in [5.41, 5.74) is 4.15. The lowest BCUT2D eigenvalue weighted by Crippen LogP contribution is -2.34. The highest BCUT2D eigenvalue weighted by Crippen LogP contribution is 2.27. The molecule has 3 rings (SSSR count). The maximum atomic E-state index is 13.5. The second-order valence-corrected chi connectivity index (χ2v) is 9.83. The van der Waals surface area contributed by atoms with E-state index in [0.29, 0.717) is 22.5 Å². The molecule has 10 heteroatoms. The van der Waals surface area contributed by atoms with Crippen LogP contribution >= 0.6 is 0 Å². The van der Waals surface area contributed by atoms with Crippen molar-refractivity contribution in [3.8, 4) is 0 Å². The Morgan fingerprint density at radius 3 is 2.29 bits per heavy atom. The lowest BCUT2D eigenvalue weighted by Gasteiger charge is -2.25. The highest BCUT2D eigenvalue weighted by molar-refractivity contribution is 6.05. The van der Waals surface area contributed by atoms with Gasteiger partial charge in [-0.15, -0.1) is 0 Å². The largest absolute Gasteiger partial charge is 0.389 e. The van der Waals surface area contributed by atoms with Gasteiger partial charge in [0.2, 0.25) is 5.96 Å². The van der Waals surface area contributed by atoms with Gasteiger partial charge in [-0.05, 0) is 65.4 Å². The van der Waals surface area contributed by atoms with E-state index in [4.69, 9.17) is 11.3 Å². The summed E-state index contributed by atoms with van der Waals surface area (Å²) in [6.45, 7) is 8.27. The Morgan fingerprint density at radius 2 is 1.71 bits per heavy atom. The van der Waals surface area contributed by atoms with Gasteiger partial charge in [-0.1, -0.05) is 67.5 Å². The van der Waals surface area contributed by atoms with Crippen LogP contribution in [0.1, 0.15) is 60.8 Å². The number of nitrogens with one attached hydrogen (secondary N) is 3. The predicted molar refractivity (Wildman–Crippen MR) is 148 cm³/mol. The molecule has 3 aromatic rings. The van der Waals surface area contributed by atoms with Crippen molar-refractivity contribution in [2.24, 2.45) is 16.2 Å². The maximum absolute atomic E-state index is 13.5. The zero-order chi connectivity index (χ0) is 27.9. The van der Waals surface area contributed by atoms with Gasteiger partial charge in [0.15, 0.2) is 0 Å². The van der Waals surface area contributed by atoms with Crippen molar-refractivity contribution >= 4 is 29.3 Å². The number of amides is 3. The third kappa shape index (κ3) is 7.47. The number of benzene rings is 3. The van der Waals surface area contributed by atoms with Crippen LogP contribution in [0, 0.1) is 5.41 Å². The van der Waals surface area contributed by atoms with Crippen molar-refractivity contribution < 1.29 is 14.7 Å². The van der Waals surface area contributed by atoms with Gasteiger partial charge in [0, 0.05) is 16.9 Å². The van der Waals surface area contributed by atoms with E-state index in [0.717, 1.165) is 11.1 Å². The molecule has 10 nitrogen and oxygen atoms in total. The molecule has 38 heavy (non-hydrogen) atoms. The van der Waals surface area contributed by atoms with Crippen molar-refractivity contribution in [3.05, 3.63) is 95.1 Å². The van der Waals surface area contributed by atoms with E-state index in [1.807, 2.05) is 24.3 Å². The molecule has 0 spiro atoms. The molecule has 0 fully saturated rings. The molecule has 0 aliphatic rings. The van der Waals surface area contributed by atoms with E-state index in [2.05, 4.69) is 41.7 Å². The molecule has 0 bridgehead atoms. The molecular weight excluding hydrogens is 482 g/mol. The molecule has 0 saturated heterocycles. The molecule has 0 aromatic heterocycles. The van der Waals surface area contributed by atoms with Gasteiger partial charge in [0.25, 0.3) is 5.91 Å². The topological polar surface area (TPSA) is 156 Å². The molecule has 0 radical (unpaired) electrons. The van der Waals surface area contributed by atoms with Crippen LogP contribution in [-0.2, 0) is 12.0 Å². The third-order valence-corrected chi connectivity index (χ3v) is 5.86. The molecule has 6 N–H and O–H groups in total. The number of nitrogens with two attached hydrogens (primary N) is 1. The number of urea groups is 1. The number of aliphatic hydroxyl groups excluding tert-OH is 1. The standard InChI is InChI=1S/C28H33N7O3/c1-18(36)21-6-5-7-23(16-21)31-27(38)35(24-14-12-22(13-15-24)28(2,3)4)17-19-8-10-20(11-9-19)25(37)32-26(29)33-34-30/h5-16,18,36H,17H2,1-4H3,(H,31,38)(H4,29,30,32,33,37). The Hall–Kier alpha value is -4.57. The molecule has 1 atom stereocenters. The van der Waals surface area contributed by atoms with Gasteiger partial charge < -0.3 is 16.3 Å². The summed E-state index contributed by atoms with van der Waals surface area (Å²) in [7, 11) is 0. The third-order valence-electron chi connectivity index (χ3n) is 5.86. The highest BCUT2D eigenvalue weighted by atomic mass is 16.3. The molecule has 0 heterocycles. The average molecular weight is 516 g/mol. The maximum Gasteiger partial charge on any atom is 0.326 e. The van der Waals surface area contributed by atoms with Gasteiger partial charge in [-0.25, -0.2) is 4.79 Å². The van der Waals surface area contributed by atoms with E-state index in [1.165, 1.54) is 0 Å². The first-order chi connectivity index (χ1) is 18.0. The van der Waals surface area contributed by atoms with E-state index in [-0.39, 0.29) is 18.0 Å². The first-order valence-corrected chi connectivity index (χ1v) is 12.0. The summed E-state index contributed by atoms with van der Waals surface area (Å²) < 4.78 is 0. The zero-order valence-electron chi connectivity index (χ0n) is 21.9.